The van der Waals surface area contributed by atoms with Crippen LogP contribution >= 0.6 is 0 Å². The summed E-state index contributed by atoms with van der Waals surface area (Å²) in [5.41, 5.74) is 4.87. The Kier molecular flexibility index (Phi) is 3.78. The van der Waals surface area contributed by atoms with Gasteiger partial charge in [0.05, 0.1) is 6.04 Å². The summed E-state index contributed by atoms with van der Waals surface area (Å²) < 4.78 is 0. The molecule has 5 atom stereocenters. The molecule has 2 aromatic carbocycles. The van der Waals surface area contributed by atoms with Crippen LogP contribution in [0.4, 0.5) is 5.69 Å². The van der Waals surface area contributed by atoms with Crippen LogP contribution in [-0.4, -0.2) is 12.5 Å². The SMILES string of the molecule is O=C(NCC1CC1)c1ccc2c(c1)C1C3CCC(C3)C1C(c1ccccc1)N2. The topological polar surface area (TPSA) is 41.1 Å². The van der Waals surface area contributed by atoms with E-state index in [2.05, 4.69) is 53.1 Å². The molecule has 2 aromatic rings. The molecule has 3 saturated carbocycles. The summed E-state index contributed by atoms with van der Waals surface area (Å²) in [5, 5.41) is 7.00. The molecule has 1 amide bonds. The van der Waals surface area contributed by atoms with Crippen molar-refractivity contribution in [3.05, 3.63) is 65.2 Å². The van der Waals surface area contributed by atoms with Gasteiger partial charge in [-0.1, -0.05) is 30.3 Å². The maximum atomic E-state index is 12.7. The van der Waals surface area contributed by atoms with Gasteiger partial charge in [0.15, 0.2) is 0 Å². The number of nitrogens with one attached hydrogen (secondary N) is 2. The minimum absolute atomic E-state index is 0.0968. The van der Waals surface area contributed by atoms with Crippen molar-refractivity contribution in [1.29, 1.82) is 0 Å². The molecule has 5 unspecified atom stereocenters. The second-order valence-electron chi connectivity index (χ2n) is 9.42. The summed E-state index contributed by atoms with van der Waals surface area (Å²) in [7, 11) is 0. The van der Waals surface area contributed by atoms with E-state index in [1.165, 1.54) is 48.9 Å². The number of hydrogen-bond donors (Lipinski definition) is 2. The number of hydrogen-bond acceptors (Lipinski definition) is 2. The first-order valence-electron chi connectivity index (χ1n) is 11.0. The number of carbonyl (C=O) groups excluding carboxylic acids is 1. The van der Waals surface area contributed by atoms with Crippen molar-refractivity contribution < 1.29 is 4.79 Å². The third-order valence-electron chi connectivity index (χ3n) is 7.76. The highest BCUT2D eigenvalue weighted by Gasteiger charge is 2.53. The number of anilines is 1. The van der Waals surface area contributed by atoms with Gasteiger partial charge >= 0.3 is 0 Å². The highest BCUT2D eigenvalue weighted by atomic mass is 16.1. The first-order valence-corrected chi connectivity index (χ1v) is 11.0. The molecule has 2 bridgehead atoms. The van der Waals surface area contributed by atoms with Crippen LogP contribution in [0.5, 0.6) is 0 Å². The minimum atomic E-state index is 0.0968. The normalized spacial score (nSPS) is 32.4. The van der Waals surface area contributed by atoms with Crippen molar-refractivity contribution >= 4 is 11.6 Å². The van der Waals surface area contributed by atoms with E-state index in [0.29, 0.717) is 23.8 Å². The smallest absolute Gasteiger partial charge is 0.251 e. The van der Waals surface area contributed by atoms with Crippen LogP contribution < -0.4 is 10.6 Å². The fourth-order valence-electron chi connectivity index (χ4n) is 6.28. The first-order chi connectivity index (χ1) is 13.8. The minimum Gasteiger partial charge on any atom is -0.378 e. The van der Waals surface area contributed by atoms with Crippen LogP contribution in [0.3, 0.4) is 0 Å². The molecule has 3 nitrogen and oxygen atoms in total. The van der Waals surface area contributed by atoms with E-state index in [9.17, 15) is 4.79 Å². The van der Waals surface area contributed by atoms with Crippen LogP contribution in [-0.2, 0) is 0 Å². The third-order valence-corrected chi connectivity index (χ3v) is 7.76. The van der Waals surface area contributed by atoms with Gasteiger partial charge in [-0.15, -0.1) is 0 Å². The highest BCUT2D eigenvalue weighted by molar-refractivity contribution is 5.95. The summed E-state index contributed by atoms with van der Waals surface area (Å²) in [4.78, 5) is 12.7. The molecule has 1 heterocycles. The van der Waals surface area contributed by atoms with Crippen molar-refractivity contribution in [2.45, 2.75) is 44.1 Å². The van der Waals surface area contributed by atoms with E-state index < -0.39 is 0 Å². The molecule has 3 heteroatoms. The Morgan fingerprint density at radius 3 is 2.64 bits per heavy atom. The van der Waals surface area contributed by atoms with Gasteiger partial charge in [0.2, 0.25) is 0 Å². The Bertz CT molecular complexity index is 904. The second-order valence-corrected chi connectivity index (χ2v) is 9.42. The molecular formula is C25H28N2O. The van der Waals surface area contributed by atoms with Crippen LogP contribution in [0, 0.1) is 23.7 Å². The van der Waals surface area contributed by atoms with Crippen LogP contribution in [0.1, 0.15) is 65.5 Å². The van der Waals surface area contributed by atoms with Crippen molar-refractivity contribution in [2.75, 3.05) is 11.9 Å². The highest BCUT2D eigenvalue weighted by Crippen LogP contribution is 2.63. The van der Waals surface area contributed by atoms with Gasteiger partial charge in [-0.2, -0.15) is 0 Å². The number of amides is 1. The molecule has 28 heavy (non-hydrogen) atoms. The number of benzene rings is 2. The Balaban J connectivity index is 1.35. The Morgan fingerprint density at radius 1 is 1.00 bits per heavy atom. The molecule has 0 spiro atoms. The fraction of sp³-hybridized carbons (Fsp3) is 0.480. The maximum Gasteiger partial charge on any atom is 0.251 e. The molecule has 6 rings (SSSR count). The molecule has 0 aromatic heterocycles. The predicted octanol–water partition coefficient (Wildman–Crippen LogP) is 5.12. The summed E-state index contributed by atoms with van der Waals surface area (Å²) in [6.07, 6.45) is 6.61. The van der Waals surface area contributed by atoms with Crippen LogP contribution in [0.2, 0.25) is 0 Å². The average Bonchev–Trinajstić information content (AvgIpc) is 3.34. The van der Waals surface area contributed by atoms with Crippen molar-refractivity contribution in [3.63, 3.8) is 0 Å². The molecule has 0 radical (unpaired) electrons. The second kappa shape index (κ2) is 6.37. The lowest BCUT2D eigenvalue weighted by molar-refractivity contribution is 0.0951. The Morgan fingerprint density at radius 2 is 1.82 bits per heavy atom. The fourth-order valence-corrected chi connectivity index (χ4v) is 6.28. The van der Waals surface area contributed by atoms with E-state index in [1.54, 1.807) is 0 Å². The van der Waals surface area contributed by atoms with Gasteiger partial charge in [0.25, 0.3) is 5.91 Å². The number of fused-ring (bicyclic) bond motifs is 7. The Hall–Kier alpha value is -2.29. The first kappa shape index (κ1) is 16.6. The zero-order valence-corrected chi connectivity index (χ0v) is 16.2. The van der Waals surface area contributed by atoms with E-state index in [0.717, 1.165) is 23.9 Å². The zero-order valence-electron chi connectivity index (χ0n) is 16.2. The van der Waals surface area contributed by atoms with Gasteiger partial charge in [0, 0.05) is 17.8 Å². The summed E-state index contributed by atoms with van der Waals surface area (Å²) >= 11 is 0. The van der Waals surface area contributed by atoms with E-state index in [1.807, 2.05) is 6.07 Å². The molecule has 2 N–H and O–H groups in total. The summed E-state index contributed by atoms with van der Waals surface area (Å²) in [6, 6.07) is 17.7. The van der Waals surface area contributed by atoms with Crippen molar-refractivity contribution in [1.82, 2.24) is 5.32 Å². The zero-order chi connectivity index (χ0) is 18.7. The largest absolute Gasteiger partial charge is 0.378 e. The van der Waals surface area contributed by atoms with Gasteiger partial charge < -0.3 is 10.6 Å². The lowest BCUT2D eigenvalue weighted by Gasteiger charge is -2.43. The standard InChI is InChI=1S/C25H28N2O/c28-25(26-14-15-6-7-15)19-10-11-21-20(13-19)22-17-8-9-18(12-17)23(22)24(27-21)16-4-2-1-3-5-16/h1-5,10-11,13,15,17-18,22-24,27H,6-9,12,14H2,(H,26,28). The maximum absolute atomic E-state index is 12.7. The van der Waals surface area contributed by atoms with Crippen molar-refractivity contribution in [2.24, 2.45) is 23.7 Å². The number of carbonyl (C=O) groups is 1. The monoisotopic (exact) mass is 372 g/mol. The van der Waals surface area contributed by atoms with E-state index in [-0.39, 0.29) is 5.91 Å². The molecule has 1 aliphatic heterocycles. The van der Waals surface area contributed by atoms with Crippen molar-refractivity contribution in [3.8, 4) is 0 Å². The summed E-state index contributed by atoms with van der Waals surface area (Å²) in [5.74, 6) is 3.65. The molecule has 4 aliphatic rings. The Labute approximate surface area is 166 Å². The van der Waals surface area contributed by atoms with Gasteiger partial charge in [-0.05, 0) is 91.0 Å². The van der Waals surface area contributed by atoms with Gasteiger partial charge in [-0.3, -0.25) is 4.79 Å². The molecule has 3 aliphatic carbocycles. The van der Waals surface area contributed by atoms with Crippen LogP contribution in [0.25, 0.3) is 0 Å². The molecule has 144 valence electrons. The van der Waals surface area contributed by atoms with Crippen LogP contribution in [0.15, 0.2) is 48.5 Å². The van der Waals surface area contributed by atoms with Gasteiger partial charge in [-0.25, -0.2) is 0 Å². The average molecular weight is 373 g/mol. The molecule has 0 saturated heterocycles. The molecule has 3 fully saturated rings. The lowest BCUT2D eigenvalue weighted by Crippen LogP contribution is -2.35. The van der Waals surface area contributed by atoms with E-state index in [4.69, 9.17) is 0 Å². The van der Waals surface area contributed by atoms with E-state index >= 15 is 0 Å². The van der Waals surface area contributed by atoms with Gasteiger partial charge in [0.1, 0.15) is 0 Å². The third kappa shape index (κ3) is 2.67. The quantitative estimate of drug-likeness (QED) is 0.782. The summed E-state index contributed by atoms with van der Waals surface area (Å²) in [6.45, 7) is 0.834. The lowest BCUT2D eigenvalue weighted by atomic mass is 9.68. The molecular weight excluding hydrogens is 344 g/mol. The predicted molar refractivity (Wildman–Crippen MR) is 111 cm³/mol. The number of rotatable bonds is 4.